The normalized spacial score (nSPS) is 10.9. The summed E-state index contributed by atoms with van der Waals surface area (Å²) in [5, 5.41) is 11.7. The Hall–Kier alpha value is -3.92. The highest BCUT2D eigenvalue weighted by Crippen LogP contribution is 2.16. The van der Waals surface area contributed by atoms with Gasteiger partial charge in [0.2, 0.25) is 5.01 Å². The summed E-state index contributed by atoms with van der Waals surface area (Å²) in [6.07, 6.45) is 2.00. The lowest BCUT2D eigenvalue weighted by Crippen LogP contribution is -2.12. The molecule has 0 aliphatic carbocycles. The van der Waals surface area contributed by atoms with Crippen molar-refractivity contribution < 1.29 is 14.3 Å². The maximum absolute atomic E-state index is 12.4. The number of aryl methyl sites for hydroxylation is 2. The van der Waals surface area contributed by atoms with Gasteiger partial charge in [-0.2, -0.15) is 0 Å². The summed E-state index contributed by atoms with van der Waals surface area (Å²) in [4.78, 5) is 43.7. The predicted octanol–water partition coefficient (Wildman–Crippen LogP) is 3.66. The van der Waals surface area contributed by atoms with E-state index in [1.807, 2.05) is 30.3 Å². The summed E-state index contributed by atoms with van der Waals surface area (Å²) in [7, 11) is 0. The second-order valence-electron chi connectivity index (χ2n) is 7.55. The zero-order chi connectivity index (χ0) is 23.9. The lowest BCUT2D eigenvalue weighted by Gasteiger charge is -2.04. The van der Waals surface area contributed by atoms with Crippen molar-refractivity contribution in [1.29, 1.82) is 0 Å². The molecule has 34 heavy (non-hydrogen) atoms. The number of carbonyl (C=O) groups excluding carboxylic acids is 2. The van der Waals surface area contributed by atoms with Crippen LogP contribution < -0.4 is 10.9 Å². The SMILES string of the molecule is CCc1ccc(NC(=O)c2nnc(COC(=O)CCCc3nc4ccccc4c(=O)[nH]3)s2)cc1. The summed E-state index contributed by atoms with van der Waals surface area (Å²) in [5.41, 5.74) is 2.28. The van der Waals surface area contributed by atoms with E-state index in [0.29, 0.717) is 40.3 Å². The van der Waals surface area contributed by atoms with Crippen molar-refractivity contribution in [3.05, 3.63) is 80.3 Å². The fourth-order valence-electron chi connectivity index (χ4n) is 3.28. The predicted molar refractivity (Wildman–Crippen MR) is 129 cm³/mol. The van der Waals surface area contributed by atoms with E-state index in [4.69, 9.17) is 4.74 Å². The van der Waals surface area contributed by atoms with Gasteiger partial charge < -0.3 is 15.0 Å². The van der Waals surface area contributed by atoms with E-state index in [1.54, 1.807) is 18.2 Å². The number of hydrogen-bond donors (Lipinski definition) is 2. The Labute approximate surface area is 199 Å². The third kappa shape index (κ3) is 5.90. The third-order valence-electron chi connectivity index (χ3n) is 5.09. The number of anilines is 1. The lowest BCUT2D eigenvalue weighted by atomic mass is 10.1. The smallest absolute Gasteiger partial charge is 0.306 e. The fraction of sp³-hybridized carbons (Fsp3) is 0.250. The highest BCUT2D eigenvalue weighted by molar-refractivity contribution is 7.13. The molecule has 1 amide bonds. The van der Waals surface area contributed by atoms with E-state index in [2.05, 4.69) is 32.4 Å². The van der Waals surface area contributed by atoms with Crippen molar-refractivity contribution in [2.45, 2.75) is 39.2 Å². The molecule has 0 aliphatic rings. The molecule has 0 spiro atoms. The molecule has 2 aromatic carbocycles. The number of aromatic nitrogens is 4. The average molecular weight is 478 g/mol. The van der Waals surface area contributed by atoms with Crippen LogP contribution in [0.25, 0.3) is 10.9 Å². The second-order valence-corrected chi connectivity index (χ2v) is 8.61. The molecule has 10 heteroatoms. The summed E-state index contributed by atoms with van der Waals surface area (Å²) < 4.78 is 5.24. The van der Waals surface area contributed by atoms with Gasteiger partial charge in [-0.1, -0.05) is 42.5 Å². The number of H-pyrrole nitrogens is 1. The monoisotopic (exact) mass is 477 g/mol. The van der Waals surface area contributed by atoms with E-state index in [1.165, 1.54) is 5.56 Å². The molecule has 0 aliphatic heterocycles. The molecule has 0 fully saturated rings. The minimum Gasteiger partial charge on any atom is -0.458 e. The van der Waals surface area contributed by atoms with Gasteiger partial charge in [0.05, 0.1) is 10.9 Å². The second kappa shape index (κ2) is 10.8. The van der Waals surface area contributed by atoms with Crippen molar-refractivity contribution in [3.8, 4) is 0 Å². The first-order valence-corrected chi connectivity index (χ1v) is 11.7. The van der Waals surface area contributed by atoms with Crippen LogP contribution in [0.15, 0.2) is 53.3 Å². The van der Waals surface area contributed by atoms with Crippen LogP contribution in [-0.4, -0.2) is 32.0 Å². The molecule has 2 heterocycles. The molecule has 9 nitrogen and oxygen atoms in total. The van der Waals surface area contributed by atoms with Gasteiger partial charge in [-0.25, -0.2) is 4.98 Å². The number of nitrogens with zero attached hydrogens (tertiary/aromatic N) is 3. The first-order valence-electron chi connectivity index (χ1n) is 10.9. The largest absolute Gasteiger partial charge is 0.458 e. The average Bonchev–Trinajstić information content (AvgIpc) is 3.33. The number of benzene rings is 2. The highest BCUT2D eigenvalue weighted by Gasteiger charge is 2.14. The zero-order valence-electron chi connectivity index (χ0n) is 18.5. The summed E-state index contributed by atoms with van der Waals surface area (Å²) >= 11 is 1.07. The van der Waals surface area contributed by atoms with Gasteiger partial charge in [-0.15, -0.1) is 10.2 Å². The van der Waals surface area contributed by atoms with Gasteiger partial charge >= 0.3 is 5.97 Å². The van der Waals surface area contributed by atoms with Gasteiger partial charge in [-0.3, -0.25) is 14.4 Å². The number of amides is 1. The summed E-state index contributed by atoms with van der Waals surface area (Å²) in [5.74, 6) is -0.239. The number of nitrogens with one attached hydrogen (secondary N) is 2. The molecular formula is C24H23N5O4S. The van der Waals surface area contributed by atoms with Crippen LogP contribution >= 0.6 is 11.3 Å². The Morgan fingerprint density at radius 1 is 1.09 bits per heavy atom. The number of fused-ring (bicyclic) bond motifs is 1. The zero-order valence-corrected chi connectivity index (χ0v) is 19.4. The van der Waals surface area contributed by atoms with Gasteiger partial charge in [0.1, 0.15) is 12.4 Å². The Morgan fingerprint density at radius 2 is 1.88 bits per heavy atom. The fourth-order valence-corrected chi connectivity index (χ4v) is 3.93. The number of para-hydroxylation sites is 1. The van der Waals surface area contributed by atoms with Crippen molar-refractivity contribution in [2.24, 2.45) is 0 Å². The van der Waals surface area contributed by atoms with E-state index >= 15 is 0 Å². The molecule has 0 atom stereocenters. The molecule has 2 N–H and O–H groups in total. The number of hydrogen-bond acceptors (Lipinski definition) is 8. The van der Waals surface area contributed by atoms with Gasteiger partial charge in [-0.05, 0) is 42.7 Å². The van der Waals surface area contributed by atoms with Crippen LogP contribution in [0.4, 0.5) is 5.69 Å². The van der Waals surface area contributed by atoms with Crippen molar-refractivity contribution >= 4 is 39.8 Å². The Kier molecular flexibility index (Phi) is 7.38. The van der Waals surface area contributed by atoms with Crippen LogP contribution in [0.3, 0.4) is 0 Å². The maximum Gasteiger partial charge on any atom is 0.306 e. The molecule has 0 saturated heterocycles. The number of ether oxygens (including phenoxy) is 1. The van der Waals surface area contributed by atoms with Gasteiger partial charge in [0.15, 0.2) is 5.01 Å². The Balaban J connectivity index is 1.23. The minimum absolute atomic E-state index is 0.0555. The number of rotatable bonds is 9. The van der Waals surface area contributed by atoms with E-state index < -0.39 is 5.97 Å². The van der Waals surface area contributed by atoms with Crippen LogP contribution in [0, 0.1) is 0 Å². The molecule has 174 valence electrons. The Bertz CT molecular complexity index is 1360. The number of aromatic amines is 1. The van der Waals surface area contributed by atoms with E-state index in [9.17, 15) is 14.4 Å². The topological polar surface area (TPSA) is 127 Å². The minimum atomic E-state index is -0.402. The quantitative estimate of drug-likeness (QED) is 0.352. The van der Waals surface area contributed by atoms with Crippen molar-refractivity contribution in [1.82, 2.24) is 20.2 Å². The van der Waals surface area contributed by atoms with Crippen molar-refractivity contribution in [2.75, 3.05) is 5.32 Å². The number of carbonyl (C=O) groups is 2. The Morgan fingerprint density at radius 3 is 2.68 bits per heavy atom. The number of esters is 1. The molecule has 2 aromatic heterocycles. The highest BCUT2D eigenvalue weighted by atomic mass is 32.1. The molecule has 0 radical (unpaired) electrons. The van der Waals surface area contributed by atoms with Gasteiger partial charge in [0, 0.05) is 18.5 Å². The molecule has 0 bridgehead atoms. The van der Waals surface area contributed by atoms with Crippen LogP contribution in [-0.2, 0) is 29.0 Å². The van der Waals surface area contributed by atoms with Crippen LogP contribution in [0.1, 0.15) is 46.0 Å². The summed E-state index contributed by atoms with van der Waals surface area (Å²) in [6.45, 7) is 2.01. The molecule has 0 saturated carbocycles. The summed E-state index contributed by atoms with van der Waals surface area (Å²) in [6, 6.07) is 14.7. The van der Waals surface area contributed by atoms with Crippen LogP contribution in [0.2, 0.25) is 0 Å². The molecule has 4 rings (SSSR count). The van der Waals surface area contributed by atoms with Crippen LogP contribution in [0.5, 0.6) is 0 Å². The van der Waals surface area contributed by atoms with Gasteiger partial charge in [0.25, 0.3) is 11.5 Å². The third-order valence-corrected chi connectivity index (χ3v) is 5.99. The molecular weight excluding hydrogens is 454 g/mol. The first kappa shape index (κ1) is 23.2. The van der Waals surface area contributed by atoms with Crippen molar-refractivity contribution in [3.63, 3.8) is 0 Å². The maximum atomic E-state index is 12.4. The first-order chi connectivity index (χ1) is 16.5. The molecule has 0 unspecified atom stereocenters. The van der Waals surface area contributed by atoms with E-state index in [0.717, 1.165) is 17.8 Å². The van der Waals surface area contributed by atoms with E-state index in [-0.39, 0.29) is 29.5 Å². The lowest BCUT2D eigenvalue weighted by molar-refractivity contribution is -0.145. The standard InChI is InChI=1S/C24H23N5O4S/c1-2-15-10-12-16(13-11-15)25-23(32)24-29-28-20(34-24)14-33-21(30)9-5-8-19-26-18-7-4-3-6-17(18)22(31)27-19/h3-4,6-7,10-13H,2,5,8-9,14H2,1H3,(H,25,32)(H,26,27,31). The molecule has 4 aromatic rings.